The van der Waals surface area contributed by atoms with E-state index in [1.807, 2.05) is 0 Å². The molecule has 0 N–H and O–H groups in total. The van der Waals surface area contributed by atoms with E-state index in [-0.39, 0.29) is 27.9 Å². The smallest absolute Gasteiger partial charge is 0.302 e. The van der Waals surface area contributed by atoms with Gasteiger partial charge in [0.1, 0.15) is 6.10 Å². The Balaban J connectivity index is 1.55. The zero-order chi connectivity index (χ0) is 22.8. The van der Waals surface area contributed by atoms with Gasteiger partial charge in [0.25, 0.3) is 0 Å². The molecular formula is C27H44O3Si. The first kappa shape index (κ1) is 23.3. The third kappa shape index (κ3) is 3.80. The Hall–Kier alpha value is -0.873. The van der Waals surface area contributed by atoms with Crippen LogP contribution in [-0.4, -0.2) is 26.5 Å². The van der Waals surface area contributed by atoms with Crippen LogP contribution in [0.25, 0.3) is 0 Å². The van der Waals surface area contributed by atoms with Crippen molar-refractivity contribution in [3.05, 3.63) is 23.3 Å². The second kappa shape index (κ2) is 7.58. The van der Waals surface area contributed by atoms with Crippen LogP contribution < -0.4 is 0 Å². The molecule has 2 saturated carbocycles. The van der Waals surface area contributed by atoms with E-state index in [1.165, 1.54) is 19.8 Å². The minimum Gasteiger partial charge on any atom is -0.462 e. The summed E-state index contributed by atoms with van der Waals surface area (Å²) in [4.78, 5) is 11.5. The maximum atomic E-state index is 11.5. The number of carbonyl (C=O) groups excluding carboxylic acids is 1. The highest BCUT2D eigenvalue weighted by molar-refractivity contribution is 6.74. The highest BCUT2D eigenvalue weighted by Crippen LogP contribution is 2.64. The lowest BCUT2D eigenvalue weighted by Crippen LogP contribution is -2.52. The van der Waals surface area contributed by atoms with Gasteiger partial charge in [-0.2, -0.15) is 0 Å². The highest BCUT2D eigenvalue weighted by Gasteiger charge is 2.57. The van der Waals surface area contributed by atoms with Crippen molar-refractivity contribution in [1.82, 2.24) is 0 Å². The SMILES string of the molecule is CC(=O)OC1CC[C@@]2(C)C(=CCC3C4=CCC(O[Si](C)(C)C(C)(C)C)[C@@]4(C)CCC32)C1. The van der Waals surface area contributed by atoms with Gasteiger partial charge >= 0.3 is 5.97 Å². The van der Waals surface area contributed by atoms with Gasteiger partial charge in [0.05, 0.1) is 6.10 Å². The van der Waals surface area contributed by atoms with E-state index in [2.05, 4.69) is 59.9 Å². The molecule has 0 radical (unpaired) electrons. The van der Waals surface area contributed by atoms with Gasteiger partial charge in [0, 0.05) is 18.8 Å². The predicted molar refractivity (Wildman–Crippen MR) is 129 cm³/mol. The number of allylic oxidation sites excluding steroid dienone is 1. The summed E-state index contributed by atoms with van der Waals surface area (Å²) in [5.41, 5.74) is 3.72. The molecule has 0 aromatic rings. The summed E-state index contributed by atoms with van der Waals surface area (Å²) in [7, 11) is -1.79. The summed E-state index contributed by atoms with van der Waals surface area (Å²) in [6.07, 6.45) is 13.4. The molecule has 0 spiro atoms. The molecule has 6 atom stereocenters. The summed E-state index contributed by atoms with van der Waals surface area (Å²) >= 11 is 0. The van der Waals surface area contributed by atoms with Crippen LogP contribution in [0.1, 0.15) is 86.5 Å². The molecule has 4 aliphatic carbocycles. The van der Waals surface area contributed by atoms with Gasteiger partial charge in [0.15, 0.2) is 8.32 Å². The van der Waals surface area contributed by atoms with Crippen molar-refractivity contribution in [3.63, 3.8) is 0 Å². The number of esters is 1. The van der Waals surface area contributed by atoms with Crippen molar-refractivity contribution < 1.29 is 14.0 Å². The molecule has 4 rings (SSSR count). The number of fused-ring (bicyclic) bond motifs is 5. The molecule has 4 unspecified atom stereocenters. The van der Waals surface area contributed by atoms with Crippen LogP contribution in [0.2, 0.25) is 18.1 Å². The number of ether oxygens (including phenoxy) is 1. The molecule has 4 aliphatic rings. The van der Waals surface area contributed by atoms with Crippen molar-refractivity contribution in [2.24, 2.45) is 22.7 Å². The predicted octanol–water partition coefficient (Wildman–Crippen LogP) is 7.19. The lowest BCUT2D eigenvalue weighted by atomic mass is 9.49. The molecule has 0 amide bonds. The van der Waals surface area contributed by atoms with Crippen molar-refractivity contribution in [1.29, 1.82) is 0 Å². The van der Waals surface area contributed by atoms with Crippen molar-refractivity contribution in [2.75, 3.05) is 0 Å². The average molecular weight is 445 g/mol. The van der Waals surface area contributed by atoms with E-state index in [1.54, 1.807) is 11.1 Å². The molecular weight excluding hydrogens is 400 g/mol. The van der Waals surface area contributed by atoms with Crippen LogP contribution in [0.4, 0.5) is 0 Å². The van der Waals surface area contributed by atoms with Gasteiger partial charge in [-0.3, -0.25) is 4.79 Å². The molecule has 0 aliphatic heterocycles. The average Bonchev–Trinajstić information content (AvgIpc) is 2.96. The van der Waals surface area contributed by atoms with E-state index < -0.39 is 8.32 Å². The molecule has 2 fully saturated rings. The second-order valence-corrected chi connectivity index (χ2v) is 17.5. The van der Waals surface area contributed by atoms with Crippen LogP contribution in [0.5, 0.6) is 0 Å². The summed E-state index contributed by atoms with van der Waals surface area (Å²) in [5, 5.41) is 0.250. The number of carbonyl (C=O) groups is 1. The number of hydrogen-bond donors (Lipinski definition) is 0. The van der Waals surface area contributed by atoms with Gasteiger partial charge in [0.2, 0.25) is 0 Å². The first-order valence-electron chi connectivity index (χ1n) is 12.5. The zero-order valence-electron chi connectivity index (χ0n) is 21.1. The van der Waals surface area contributed by atoms with E-state index in [4.69, 9.17) is 9.16 Å². The molecule has 0 heterocycles. The van der Waals surface area contributed by atoms with E-state index in [0.717, 1.165) is 38.0 Å². The topological polar surface area (TPSA) is 35.5 Å². The van der Waals surface area contributed by atoms with Gasteiger partial charge in [-0.25, -0.2) is 0 Å². The summed E-state index contributed by atoms with van der Waals surface area (Å²) in [6, 6.07) is 0. The van der Waals surface area contributed by atoms with E-state index in [9.17, 15) is 4.79 Å². The molecule has 174 valence electrons. The Bertz CT molecular complexity index is 804. The molecule has 0 bridgehead atoms. The molecule has 3 nitrogen and oxygen atoms in total. The quantitative estimate of drug-likeness (QED) is 0.262. The number of rotatable bonds is 3. The van der Waals surface area contributed by atoms with Crippen molar-refractivity contribution >= 4 is 14.3 Å². The Labute approximate surface area is 191 Å². The fourth-order valence-electron chi connectivity index (χ4n) is 6.98. The zero-order valence-corrected chi connectivity index (χ0v) is 22.1. The lowest BCUT2D eigenvalue weighted by molar-refractivity contribution is -0.148. The van der Waals surface area contributed by atoms with Crippen LogP contribution in [0.3, 0.4) is 0 Å². The Morgan fingerprint density at radius 1 is 1.06 bits per heavy atom. The molecule has 0 aromatic carbocycles. The van der Waals surface area contributed by atoms with Crippen LogP contribution >= 0.6 is 0 Å². The standard InChI is InChI=1S/C27H44O3Si/c1-18(28)29-20-13-15-26(5)19(17-20)9-10-21-22-11-12-24(27(22,6)16-14-23(21)26)30-31(7,8)25(2,3)4/h9,11,20-21,23-24H,10,12-17H2,1-8H3/t20?,21?,23?,24?,26-,27-/m0/s1. The van der Waals surface area contributed by atoms with Crippen LogP contribution in [-0.2, 0) is 14.0 Å². The largest absolute Gasteiger partial charge is 0.462 e. The van der Waals surface area contributed by atoms with Gasteiger partial charge in [-0.15, -0.1) is 0 Å². The molecule has 0 saturated heterocycles. The Morgan fingerprint density at radius 3 is 2.39 bits per heavy atom. The van der Waals surface area contributed by atoms with Crippen molar-refractivity contribution in [3.8, 4) is 0 Å². The first-order valence-corrected chi connectivity index (χ1v) is 15.4. The fourth-order valence-corrected chi connectivity index (χ4v) is 8.40. The van der Waals surface area contributed by atoms with Gasteiger partial charge in [-0.1, -0.05) is 57.9 Å². The number of hydrogen-bond acceptors (Lipinski definition) is 3. The third-order valence-electron chi connectivity index (χ3n) is 9.96. The molecule has 0 aromatic heterocycles. The maximum absolute atomic E-state index is 11.5. The lowest BCUT2D eigenvalue weighted by Gasteiger charge is -2.57. The van der Waals surface area contributed by atoms with Crippen molar-refractivity contribution in [2.45, 2.75) is 117 Å². The molecule has 4 heteroatoms. The highest BCUT2D eigenvalue weighted by atomic mass is 28.4. The first-order chi connectivity index (χ1) is 14.3. The van der Waals surface area contributed by atoms with Gasteiger partial charge < -0.3 is 9.16 Å². The fraction of sp³-hybridized carbons (Fsp3) is 0.815. The Kier molecular flexibility index (Phi) is 5.70. The third-order valence-corrected chi connectivity index (χ3v) is 14.4. The normalized spacial score (nSPS) is 40.3. The van der Waals surface area contributed by atoms with E-state index >= 15 is 0 Å². The minimum atomic E-state index is -1.79. The second-order valence-electron chi connectivity index (χ2n) is 12.8. The summed E-state index contributed by atoms with van der Waals surface area (Å²) in [6.45, 7) is 18.4. The maximum Gasteiger partial charge on any atom is 0.302 e. The Morgan fingerprint density at radius 2 is 1.74 bits per heavy atom. The van der Waals surface area contributed by atoms with E-state index in [0.29, 0.717) is 12.0 Å². The monoisotopic (exact) mass is 444 g/mol. The van der Waals surface area contributed by atoms with Crippen LogP contribution in [0, 0.1) is 22.7 Å². The molecule has 31 heavy (non-hydrogen) atoms. The van der Waals surface area contributed by atoms with Crippen LogP contribution in [0.15, 0.2) is 23.3 Å². The summed E-state index contributed by atoms with van der Waals surface area (Å²) < 4.78 is 12.6. The minimum absolute atomic E-state index is 0.0790. The van der Waals surface area contributed by atoms with Gasteiger partial charge in [-0.05, 0) is 73.9 Å². The summed E-state index contributed by atoms with van der Waals surface area (Å²) in [5.74, 6) is 1.24.